The second-order valence-corrected chi connectivity index (χ2v) is 34.2. The molecule has 0 radical (unpaired) electrons. The number of phosphoric acid groups is 2. The van der Waals surface area contributed by atoms with E-state index in [2.05, 4.69) is 48.5 Å². The van der Waals surface area contributed by atoms with Crippen LogP contribution in [-0.2, 0) is 65.4 Å². The molecule has 0 amide bonds. The Morgan fingerprint density at radius 3 is 0.667 bits per heavy atom. The monoisotopic (exact) mass is 1490 g/mol. The summed E-state index contributed by atoms with van der Waals surface area (Å²) in [5.41, 5.74) is 0. The Bertz CT molecular complexity index is 1970. The van der Waals surface area contributed by atoms with Crippen LogP contribution in [0.15, 0.2) is 0 Å². The van der Waals surface area contributed by atoms with Gasteiger partial charge in [-0.2, -0.15) is 0 Å². The summed E-state index contributed by atoms with van der Waals surface area (Å²) in [6.45, 7) is 11.9. The van der Waals surface area contributed by atoms with Crippen molar-refractivity contribution in [2.45, 2.75) is 452 Å². The van der Waals surface area contributed by atoms with Crippen LogP contribution in [0.2, 0.25) is 0 Å². The Hall–Kier alpha value is -1.94. The van der Waals surface area contributed by atoms with Crippen LogP contribution in [0.3, 0.4) is 0 Å². The fourth-order valence-corrected chi connectivity index (χ4v) is 14.4. The van der Waals surface area contributed by atoms with Crippen LogP contribution >= 0.6 is 15.6 Å². The van der Waals surface area contributed by atoms with E-state index in [1.807, 2.05) is 0 Å². The van der Waals surface area contributed by atoms with E-state index in [0.717, 1.165) is 108 Å². The lowest BCUT2D eigenvalue weighted by Crippen LogP contribution is -2.30. The number of hydrogen-bond donors (Lipinski definition) is 3. The molecule has 0 aliphatic heterocycles. The first-order chi connectivity index (χ1) is 49.2. The summed E-state index contributed by atoms with van der Waals surface area (Å²) in [5.74, 6) is 0.154. The molecule has 0 spiro atoms. The van der Waals surface area contributed by atoms with Gasteiger partial charge in [-0.15, -0.1) is 0 Å². The summed E-state index contributed by atoms with van der Waals surface area (Å²) in [6, 6.07) is 0. The number of unbranched alkanes of at least 4 members (excludes halogenated alkanes) is 49. The molecule has 0 fully saturated rings. The molecule has 2 unspecified atom stereocenters. The highest BCUT2D eigenvalue weighted by Crippen LogP contribution is 2.45. The summed E-state index contributed by atoms with van der Waals surface area (Å²) in [7, 11) is -9.92. The maximum atomic E-state index is 13.1. The molecule has 0 bridgehead atoms. The Labute approximate surface area is 626 Å². The maximum absolute atomic E-state index is 13.1. The van der Waals surface area contributed by atoms with E-state index in [0.29, 0.717) is 31.6 Å². The van der Waals surface area contributed by atoms with Crippen molar-refractivity contribution in [1.82, 2.24) is 0 Å². The molecule has 0 aromatic heterocycles. The SMILES string of the molecule is CCCCCCCCCCCCCCCCCCCCCC(=O)OC[C@H](COP(=O)(O)OC[C@@H](O)COP(=O)(O)OC[C@@H](COC(=O)CCCCCCCCC(C)C)OC(=O)CCCCCCCCCCCCCCC(C)C)OC(=O)CCCCCCCCCCCCCCCCCCC(C)C. The predicted octanol–water partition coefficient (Wildman–Crippen LogP) is 24.9. The summed E-state index contributed by atoms with van der Waals surface area (Å²) in [4.78, 5) is 73.1. The first-order valence-corrected chi connectivity index (χ1v) is 45.8. The van der Waals surface area contributed by atoms with Crippen molar-refractivity contribution in [2.24, 2.45) is 17.8 Å². The Morgan fingerprint density at radius 1 is 0.265 bits per heavy atom. The van der Waals surface area contributed by atoms with Crippen molar-refractivity contribution in [1.29, 1.82) is 0 Å². The van der Waals surface area contributed by atoms with Gasteiger partial charge in [-0.3, -0.25) is 37.3 Å². The molecule has 0 saturated carbocycles. The first kappa shape index (κ1) is 100. The molecule has 5 atom stereocenters. The molecule has 0 rings (SSSR count). The van der Waals surface area contributed by atoms with Crippen LogP contribution in [0.1, 0.15) is 434 Å². The number of carbonyl (C=O) groups is 4. The second-order valence-electron chi connectivity index (χ2n) is 31.3. The molecule has 606 valence electrons. The molecule has 0 aromatic rings. The highest BCUT2D eigenvalue weighted by Gasteiger charge is 2.30. The third-order valence-electron chi connectivity index (χ3n) is 19.4. The van der Waals surface area contributed by atoms with E-state index in [4.69, 9.17) is 37.0 Å². The van der Waals surface area contributed by atoms with Crippen LogP contribution in [0.5, 0.6) is 0 Å². The predicted molar refractivity (Wildman–Crippen MR) is 418 cm³/mol. The molecular formula is C83H162O17P2. The Morgan fingerprint density at radius 2 is 0.451 bits per heavy atom. The molecule has 0 aromatic carbocycles. The zero-order valence-electron chi connectivity index (χ0n) is 67.1. The van der Waals surface area contributed by atoms with Crippen LogP contribution in [0.4, 0.5) is 0 Å². The van der Waals surface area contributed by atoms with E-state index in [-0.39, 0.29) is 25.7 Å². The molecule has 3 N–H and O–H groups in total. The van der Waals surface area contributed by atoms with Crippen molar-refractivity contribution in [2.75, 3.05) is 39.6 Å². The van der Waals surface area contributed by atoms with Crippen LogP contribution < -0.4 is 0 Å². The van der Waals surface area contributed by atoms with Crippen molar-refractivity contribution in [3.05, 3.63) is 0 Å². The van der Waals surface area contributed by atoms with Gasteiger partial charge < -0.3 is 33.8 Å². The number of ether oxygens (including phenoxy) is 4. The largest absolute Gasteiger partial charge is 0.472 e. The van der Waals surface area contributed by atoms with Crippen LogP contribution in [0.25, 0.3) is 0 Å². The lowest BCUT2D eigenvalue weighted by Gasteiger charge is -2.21. The normalized spacial score (nSPS) is 13.9. The van der Waals surface area contributed by atoms with E-state index < -0.39 is 97.5 Å². The average Bonchev–Trinajstić information content (AvgIpc) is 0.909. The molecule has 0 heterocycles. The quantitative estimate of drug-likeness (QED) is 0.0222. The zero-order valence-corrected chi connectivity index (χ0v) is 68.9. The molecule has 102 heavy (non-hydrogen) atoms. The third-order valence-corrected chi connectivity index (χ3v) is 21.3. The van der Waals surface area contributed by atoms with Crippen LogP contribution in [0, 0.1) is 17.8 Å². The molecule has 0 saturated heterocycles. The van der Waals surface area contributed by atoms with Crippen molar-refractivity contribution in [3.8, 4) is 0 Å². The smallest absolute Gasteiger partial charge is 0.462 e. The molecule has 19 heteroatoms. The Kier molecular flexibility index (Phi) is 71.8. The summed E-state index contributed by atoms with van der Waals surface area (Å²) in [6.07, 6.45) is 62.7. The zero-order chi connectivity index (χ0) is 75.1. The van der Waals surface area contributed by atoms with Gasteiger partial charge in [-0.25, -0.2) is 9.13 Å². The lowest BCUT2D eigenvalue weighted by atomic mass is 10.0. The molecule has 0 aliphatic carbocycles. The molecule has 0 aliphatic rings. The fourth-order valence-electron chi connectivity index (χ4n) is 12.8. The number of aliphatic hydroxyl groups is 1. The summed E-state index contributed by atoms with van der Waals surface area (Å²) in [5, 5.41) is 10.6. The number of phosphoric ester groups is 2. The van der Waals surface area contributed by atoms with E-state index >= 15 is 0 Å². The molecular weight excluding hydrogens is 1330 g/mol. The first-order valence-electron chi connectivity index (χ1n) is 42.8. The van der Waals surface area contributed by atoms with Gasteiger partial charge >= 0.3 is 39.5 Å². The van der Waals surface area contributed by atoms with Gasteiger partial charge in [0.05, 0.1) is 26.4 Å². The third kappa shape index (κ3) is 76.3. The van der Waals surface area contributed by atoms with Gasteiger partial charge in [0, 0.05) is 25.7 Å². The number of carbonyl (C=O) groups excluding carboxylic acids is 4. The van der Waals surface area contributed by atoms with E-state index in [1.54, 1.807) is 0 Å². The molecule has 17 nitrogen and oxygen atoms in total. The van der Waals surface area contributed by atoms with Gasteiger partial charge in [-0.05, 0) is 43.4 Å². The topological polar surface area (TPSA) is 237 Å². The Balaban J connectivity index is 5.22. The minimum absolute atomic E-state index is 0.106. The van der Waals surface area contributed by atoms with E-state index in [9.17, 15) is 43.2 Å². The van der Waals surface area contributed by atoms with Crippen LogP contribution in [-0.4, -0.2) is 96.7 Å². The number of hydrogen-bond acceptors (Lipinski definition) is 15. The van der Waals surface area contributed by atoms with Gasteiger partial charge in [-0.1, -0.05) is 382 Å². The fraction of sp³-hybridized carbons (Fsp3) is 0.952. The minimum Gasteiger partial charge on any atom is -0.462 e. The highest BCUT2D eigenvalue weighted by molar-refractivity contribution is 7.47. The van der Waals surface area contributed by atoms with Gasteiger partial charge in [0.2, 0.25) is 0 Å². The minimum atomic E-state index is -4.96. The van der Waals surface area contributed by atoms with Gasteiger partial charge in [0.1, 0.15) is 19.3 Å². The second kappa shape index (κ2) is 73.2. The number of aliphatic hydroxyl groups excluding tert-OH is 1. The number of rotatable bonds is 81. The van der Waals surface area contributed by atoms with Crippen molar-refractivity contribution < 1.29 is 80.2 Å². The lowest BCUT2D eigenvalue weighted by molar-refractivity contribution is -0.161. The summed E-state index contributed by atoms with van der Waals surface area (Å²) < 4.78 is 68.7. The standard InChI is InChI=1S/C83H162O17P2/c1-8-9-10-11-12-13-14-15-16-17-18-19-23-26-32-37-42-50-57-64-80(85)93-70-78(99-82(87)66-59-52-43-38-33-27-24-21-20-22-25-30-35-40-47-54-61-74(2)3)72-97-101(89,90)95-68-77(84)69-96-102(91,92)98-73-79(71-94-81(86)65-58-51-46-45-49-56-63-76(6)7)100-83(88)67-60-53-44-39-34-29-28-31-36-41-48-55-62-75(4)5/h74-79,84H,8-73H2,1-7H3,(H,89,90)(H,91,92)/t77-,78-,79-/m1/s1. The van der Waals surface area contributed by atoms with Gasteiger partial charge in [0.25, 0.3) is 0 Å². The van der Waals surface area contributed by atoms with Gasteiger partial charge in [0.15, 0.2) is 12.2 Å². The van der Waals surface area contributed by atoms with Crippen molar-refractivity contribution >= 4 is 39.5 Å². The summed E-state index contributed by atoms with van der Waals surface area (Å²) >= 11 is 0. The van der Waals surface area contributed by atoms with Crippen molar-refractivity contribution in [3.63, 3.8) is 0 Å². The highest BCUT2D eigenvalue weighted by atomic mass is 31.2. The maximum Gasteiger partial charge on any atom is 0.472 e. The average molecular weight is 1490 g/mol. The van der Waals surface area contributed by atoms with E-state index in [1.165, 1.54) is 238 Å². The number of esters is 4.